The van der Waals surface area contributed by atoms with Gasteiger partial charge in [0.15, 0.2) is 0 Å². The maximum atomic E-state index is 13.4. The SMILES string of the molecule is CC1=C(C(=O)Nc2ccc(Cl)cc2)[C@@H](c2cccc(OCc3ccc(F)cc3)c2)n2ncnc2N1. The summed E-state index contributed by atoms with van der Waals surface area (Å²) >= 11 is 5.97. The summed E-state index contributed by atoms with van der Waals surface area (Å²) in [6.45, 7) is 2.11. The largest absolute Gasteiger partial charge is 0.489 e. The van der Waals surface area contributed by atoms with E-state index < -0.39 is 6.04 Å². The summed E-state index contributed by atoms with van der Waals surface area (Å²) in [4.78, 5) is 17.7. The van der Waals surface area contributed by atoms with Gasteiger partial charge >= 0.3 is 0 Å². The zero-order valence-electron chi connectivity index (χ0n) is 18.7. The third-order valence-electron chi connectivity index (χ3n) is 5.63. The van der Waals surface area contributed by atoms with Gasteiger partial charge in [0, 0.05) is 16.4 Å². The van der Waals surface area contributed by atoms with Crippen LogP contribution in [0.5, 0.6) is 5.75 Å². The predicted octanol–water partition coefficient (Wildman–Crippen LogP) is 5.58. The van der Waals surface area contributed by atoms with E-state index in [9.17, 15) is 9.18 Å². The lowest BCUT2D eigenvalue weighted by Gasteiger charge is -2.29. The number of allylic oxidation sites excluding steroid dienone is 1. The molecule has 4 aromatic rings. The molecule has 5 rings (SSSR count). The average molecular weight is 490 g/mol. The van der Waals surface area contributed by atoms with Crippen LogP contribution in [0.2, 0.25) is 5.02 Å². The molecular formula is C26H21ClFN5O2. The summed E-state index contributed by atoms with van der Waals surface area (Å²) in [7, 11) is 0. The minimum absolute atomic E-state index is 0.277. The summed E-state index contributed by atoms with van der Waals surface area (Å²) < 4.78 is 20.8. The molecule has 176 valence electrons. The number of hydrogen-bond acceptors (Lipinski definition) is 5. The van der Waals surface area contributed by atoms with Crippen molar-refractivity contribution in [2.45, 2.75) is 19.6 Å². The fraction of sp³-hybridized carbons (Fsp3) is 0.115. The van der Waals surface area contributed by atoms with Crippen LogP contribution in [0.25, 0.3) is 0 Å². The highest BCUT2D eigenvalue weighted by Crippen LogP contribution is 2.36. The zero-order valence-corrected chi connectivity index (χ0v) is 19.5. The first kappa shape index (κ1) is 22.6. The number of ether oxygens (including phenoxy) is 1. The lowest BCUT2D eigenvalue weighted by atomic mass is 9.95. The van der Waals surface area contributed by atoms with Gasteiger partial charge in [0.2, 0.25) is 5.95 Å². The van der Waals surface area contributed by atoms with Crippen LogP contribution in [0.4, 0.5) is 16.0 Å². The van der Waals surface area contributed by atoms with Gasteiger partial charge in [-0.3, -0.25) is 4.79 Å². The number of anilines is 2. The topological polar surface area (TPSA) is 81.1 Å². The van der Waals surface area contributed by atoms with Crippen LogP contribution < -0.4 is 15.4 Å². The maximum Gasteiger partial charge on any atom is 0.255 e. The standard InChI is InChI=1S/C26H21ClFN5O2/c1-16-23(25(34)32-21-11-7-19(27)8-12-21)24(33-26(31-16)29-15-30-33)18-3-2-4-22(13-18)35-14-17-5-9-20(28)10-6-17/h2-13,15,24H,14H2,1H3,(H,32,34)(H,29,30,31)/t24-/m1/s1. The molecule has 0 aliphatic carbocycles. The number of fused-ring (bicyclic) bond motifs is 1. The summed E-state index contributed by atoms with van der Waals surface area (Å²) in [5.41, 5.74) is 3.43. The average Bonchev–Trinajstić information content (AvgIpc) is 3.32. The van der Waals surface area contributed by atoms with Crippen LogP contribution in [0.1, 0.15) is 24.1 Å². The number of nitrogens with zero attached hydrogens (tertiary/aromatic N) is 3. The van der Waals surface area contributed by atoms with E-state index in [0.29, 0.717) is 33.7 Å². The van der Waals surface area contributed by atoms with E-state index in [4.69, 9.17) is 16.3 Å². The van der Waals surface area contributed by atoms with E-state index in [1.807, 2.05) is 31.2 Å². The number of aromatic nitrogens is 3. The zero-order chi connectivity index (χ0) is 24.4. The molecule has 1 aromatic heterocycles. The third-order valence-corrected chi connectivity index (χ3v) is 5.89. The Hall–Kier alpha value is -4.17. The van der Waals surface area contributed by atoms with E-state index in [2.05, 4.69) is 20.7 Å². The Morgan fingerprint density at radius 1 is 1.14 bits per heavy atom. The molecule has 2 heterocycles. The van der Waals surface area contributed by atoms with Gasteiger partial charge in [0.1, 0.15) is 30.5 Å². The molecule has 0 fully saturated rings. The van der Waals surface area contributed by atoms with Crippen molar-refractivity contribution in [2.75, 3.05) is 10.6 Å². The fourth-order valence-corrected chi connectivity index (χ4v) is 4.07. The number of amides is 1. The summed E-state index contributed by atoms with van der Waals surface area (Å²) in [5.74, 6) is 0.577. The second-order valence-electron chi connectivity index (χ2n) is 8.04. The van der Waals surface area contributed by atoms with Gasteiger partial charge in [-0.25, -0.2) is 9.07 Å². The van der Waals surface area contributed by atoms with Crippen LogP contribution >= 0.6 is 11.6 Å². The van der Waals surface area contributed by atoms with Crippen molar-refractivity contribution in [1.82, 2.24) is 14.8 Å². The van der Waals surface area contributed by atoms with Crippen LogP contribution in [-0.4, -0.2) is 20.7 Å². The predicted molar refractivity (Wildman–Crippen MR) is 132 cm³/mol. The maximum absolute atomic E-state index is 13.4. The Kier molecular flexibility index (Phi) is 6.20. The van der Waals surface area contributed by atoms with Crippen molar-refractivity contribution < 1.29 is 13.9 Å². The lowest BCUT2D eigenvalue weighted by molar-refractivity contribution is -0.113. The van der Waals surface area contributed by atoms with Gasteiger partial charge in [0.25, 0.3) is 5.91 Å². The van der Waals surface area contributed by atoms with E-state index in [1.165, 1.54) is 18.5 Å². The summed E-state index contributed by atoms with van der Waals surface area (Å²) in [6.07, 6.45) is 1.44. The number of nitrogens with one attached hydrogen (secondary N) is 2. The van der Waals surface area contributed by atoms with E-state index in [-0.39, 0.29) is 18.3 Å². The van der Waals surface area contributed by atoms with Crippen LogP contribution in [0, 0.1) is 5.82 Å². The molecule has 2 N–H and O–H groups in total. The molecular weight excluding hydrogens is 469 g/mol. The van der Waals surface area contributed by atoms with E-state index in [1.54, 1.807) is 41.1 Å². The number of carbonyl (C=O) groups is 1. The molecule has 0 spiro atoms. The monoisotopic (exact) mass is 489 g/mol. The van der Waals surface area contributed by atoms with Crippen LogP contribution in [0.15, 0.2) is 90.4 Å². The third kappa shape index (κ3) is 4.88. The number of benzene rings is 3. The minimum atomic E-state index is -0.532. The van der Waals surface area contributed by atoms with Crippen molar-refractivity contribution in [3.8, 4) is 5.75 Å². The second-order valence-corrected chi connectivity index (χ2v) is 8.48. The Morgan fingerprint density at radius 3 is 2.69 bits per heavy atom. The van der Waals surface area contributed by atoms with Crippen molar-refractivity contribution in [2.24, 2.45) is 0 Å². The summed E-state index contributed by atoms with van der Waals surface area (Å²) in [5, 5.41) is 11.0. The molecule has 1 amide bonds. The first-order chi connectivity index (χ1) is 17.0. The van der Waals surface area contributed by atoms with E-state index >= 15 is 0 Å². The molecule has 0 bridgehead atoms. The molecule has 35 heavy (non-hydrogen) atoms. The fourth-order valence-electron chi connectivity index (χ4n) is 3.95. The molecule has 1 aliphatic rings. The molecule has 0 saturated heterocycles. The normalized spacial score (nSPS) is 14.8. The number of rotatable bonds is 6. The van der Waals surface area contributed by atoms with Crippen molar-refractivity contribution >= 4 is 29.1 Å². The Morgan fingerprint density at radius 2 is 1.91 bits per heavy atom. The molecule has 0 radical (unpaired) electrons. The van der Waals surface area contributed by atoms with Gasteiger partial charge < -0.3 is 15.4 Å². The minimum Gasteiger partial charge on any atom is -0.489 e. The molecule has 3 aromatic carbocycles. The Labute approximate surface area is 206 Å². The van der Waals surface area contributed by atoms with Crippen LogP contribution in [-0.2, 0) is 11.4 Å². The smallest absolute Gasteiger partial charge is 0.255 e. The van der Waals surface area contributed by atoms with Gasteiger partial charge in [-0.2, -0.15) is 10.1 Å². The molecule has 9 heteroatoms. The number of carbonyl (C=O) groups excluding carboxylic acids is 1. The molecule has 0 saturated carbocycles. The Bertz CT molecular complexity index is 1400. The first-order valence-corrected chi connectivity index (χ1v) is 11.3. The summed E-state index contributed by atoms with van der Waals surface area (Å²) in [6, 6.07) is 20.0. The first-order valence-electron chi connectivity index (χ1n) is 10.9. The molecule has 0 unspecified atom stereocenters. The molecule has 7 nitrogen and oxygen atoms in total. The highest BCUT2D eigenvalue weighted by Gasteiger charge is 2.33. The van der Waals surface area contributed by atoms with Crippen molar-refractivity contribution in [1.29, 1.82) is 0 Å². The molecule has 1 aliphatic heterocycles. The van der Waals surface area contributed by atoms with Gasteiger partial charge in [-0.1, -0.05) is 35.9 Å². The molecule has 1 atom stereocenters. The number of halogens is 2. The second kappa shape index (κ2) is 9.60. The van der Waals surface area contributed by atoms with Gasteiger partial charge in [-0.15, -0.1) is 0 Å². The number of hydrogen-bond donors (Lipinski definition) is 2. The highest BCUT2D eigenvalue weighted by molar-refractivity contribution is 6.30. The van der Waals surface area contributed by atoms with Gasteiger partial charge in [-0.05, 0) is 66.6 Å². The highest BCUT2D eigenvalue weighted by atomic mass is 35.5. The Balaban J connectivity index is 1.45. The van der Waals surface area contributed by atoms with Crippen LogP contribution in [0.3, 0.4) is 0 Å². The van der Waals surface area contributed by atoms with E-state index in [0.717, 1.165) is 11.1 Å². The lowest BCUT2D eigenvalue weighted by Crippen LogP contribution is -2.31. The quantitative estimate of drug-likeness (QED) is 0.369. The van der Waals surface area contributed by atoms with Crippen molar-refractivity contribution in [3.05, 3.63) is 112 Å². The van der Waals surface area contributed by atoms with Gasteiger partial charge in [0.05, 0.1) is 5.57 Å². The van der Waals surface area contributed by atoms with Crippen molar-refractivity contribution in [3.63, 3.8) is 0 Å².